The summed E-state index contributed by atoms with van der Waals surface area (Å²) in [6.45, 7) is 3.60. The van der Waals surface area contributed by atoms with Crippen LogP contribution in [0.4, 0.5) is 5.82 Å². The molecule has 1 aliphatic heterocycles. The molecule has 2 heterocycles. The van der Waals surface area contributed by atoms with Gasteiger partial charge >= 0.3 is 5.97 Å². The number of carbonyl (C=O) groups excluding carboxylic acids is 1. The lowest BCUT2D eigenvalue weighted by molar-refractivity contribution is -0.144. The minimum atomic E-state index is -0.301. The molecule has 1 aromatic rings. The lowest BCUT2D eigenvalue weighted by Crippen LogP contribution is -2.44. The van der Waals surface area contributed by atoms with Gasteiger partial charge in [0.25, 0.3) is 5.56 Å². The number of aryl methyl sites for hydroxylation is 1. The van der Waals surface area contributed by atoms with Gasteiger partial charge in [-0.3, -0.25) is 9.59 Å². The minimum absolute atomic E-state index is 0.164. The zero-order valence-corrected chi connectivity index (χ0v) is 11.7. The standard InChI is InChI=1S/C13H19N3O4/c1-3-10-14-11(7-12(17)15-10)16-4-5-20-9(8-16)6-13(18)19-2/h7,9H,3-6,8H2,1-2H3,(H,14,15,17). The molecule has 1 unspecified atom stereocenters. The van der Waals surface area contributed by atoms with Gasteiger partial charge < -0.3 is 19.4 Å². The molecule has 1 aromatic heterocycles. The van der Waals surface area contributed by atoms with E-state index in [9.17, 15) is 9.59 Å². The van der Waals surface area contributed by atoms with Crippen LogP contribution in [0.2, 0.25) is 0 Å². The largest absolute Gasteiger partial charge is 0.469 e. The van der Waals surface area contributed by atoms with Gasteiger partial charge in [-0.1, -0.05) is 6.92 Å². The van der Waals surface area contributed by atoms with E-state index in [0.717, 1.165) is 0 Å². The molecular weight excluding hydrogens is 262 g/mol. The van der Waals surface area contributed by atoms with E-state index in [1.165, 1.54) is 13.2 Å². The normalized spacial score (nSPS) is 18.9. The van der Waals surface area contributed by atoms with Crippen LogP contribution in [0.5, 0.6) is 0 Å². The summed E-state index contributed by atoms with van der Waals surface area (Å²) in [5.41, 5.74) is -0.164. The van der Waals surface area contributed by atoms with E-state index in [2.05, 4.69) is 14.7 Å². The second-order valence-corrected chi connectivity index (χ2v) is 4.62. The molecule has 0 aromatic carbocycles. The highest BCUT2D eigenvalue weighted by atomic mass is 16.5. The Labute approximate surface area is 116 Å². The zero-order chi connectivity index (χ0) is 14.5. The summed E-state index contributed by atoms with van der Waals surface area (Å²) < 4.78 is 10.2. The average Bonchev–Trinajstić information content (AvgIpc) is 2.46. The molecule has 1 atom stereocenters. The van der Waals surface area contributed by atoms with Crippen molar-refractivity contribution in [2.75, 3.05) is 31.7 Å². The Morgan fingerprint density at radius 3 is 3.15 bits per heavy atom. The van der Waals surface area contributed by atoms with Crippen molar-refractivity contribution in [2.24, 2.45) is 0 Å². The number of esters is 1. The quantitative estimate of drug-likeness (QED) is 0.788. The molecule has 0 aliphatic carbocycles. The molecule has 7 heteroatoms. The van der Waals surface area contributed by atoms with Gasteiger partial charge in [0, 0.05) is 25.6 Å². The molecule has 1 fully saturated rings. The van der Waals surface area contributed by atoms with Crippen LogP contribution in [0.15, 0.2) is 10.9 Å². The van der Waals surface area contributed by atoms with Gasteiger partial charge in [0.15, 0.2) is 0 Å². The number of rotatable bonds is 4. The zero-order valence-electron chi connectivity index (χ0n) is 11.7. The Balaban J connectivity index is 2.10. The number of hydrogen-bond acceptors (Lipinski definition) is 6. The fourth-order valence-electron chi connectivity index (χ4n) is 2.14. The van der Waals surface area contributed by atoms with E-state index in [1.807, 2.05) is 11.8 Å². The van der Waals surface area contributed by atoms with Crippen LogP contribution >= 0.6 is 0 Å². The number of anilines is 1. The number of H-pyrrole nitrogens is 1. The van der Waals surface area contributed by atoms with Gasteiger partial charge in [-0.15, -0.1) is 0 Å². The van der Waals surface area contributed by atoms with Gasteiger partial charge in [-0.2, -0.15) is 0 Å². The lowest BCUT2D eigenvalue weighted by Gasteiger charge is -2.33. The van der Waals surface area contributed by atoms with Gasteiger partial charge in [-0.05, 0) is 0 Å². The maximum Gasteiger partial charge on any atom is 0.308 e. The third-order valence-corrected chi connectivity index (χ3v) is 3.20. The molecule has 0 spiro atoms. The van der Waals surface area contributed by atoms with E-state index in [0.29, 0.717) is 37.8 Å². The first-order chi connectivity index (χ1) is 9.62. The SMILES string of the molecule is CCc1nc(N2CCOC(CC(=O)OC)C2)cc(=O)[nH]1. The van der Waals surface area contributed by atoms with Crippen molar-refractivity contribution in [3.05, 3.63) is 22.2 Å². The van der Waals surface area contributed by atoms with E-state index >= 15 is 0 Å². The summed E-state index contributed by atoms with van der Waals surface area (Å²) in [6.07, 6.45) is 0.637. The number of methoxy groups -OCH3 is 1. The van der Waals surface area contributed by atoms with Crippen LogP contribution in [-0.4, -0.2) is 48.8 Å². The molecule has 0 saturated carbocycles. The topological polar surface area (TPSA) is 84.5 Å². The Hall–Kier alpha value is -1.89. The summed E-state index contributed by atoms with van der Waals surface area (Å²) in [4.78, 5) is 31.9. The number of hydrogen-bond donors (Lipinski definition) is 1. The first-order valence-electron chi connectivity index (χ1n) is 6.66. The van der Waals surface area contributed by atoms with Crippen LogP contribution in [0.25, 0.3) is 0 Å². The van der Waals surface area contributed by atoms with Crippen LogP contribution in [-0.2, 0) is 20.7 Å². The Bertz CT molecular complexity index is 529. The van der Waals surface area contributed by atoms with Crippen molar-refractivity contribution >= 4 is 11.8 Å². The Morgan fingerprint density at radius 1 is 1.65 bits per heavy atom. The van der Waals surface area contributed by atoms with Gasteiger partial charge in [0.2, 0.25) is 0 Å². The number of morpholine rings is 1. The first kappa shape index (κ1) is 14.5. The number of nitrogens with one attached hydrogen (secondary N) is 1. The van der Waals surface area contributed by atoms with Gasteiger partial charge in [0.05, 0.1) is 26.2 Å². The maximum absolute atomic E-state index is 11.6. The fraction of sp³-hybridized carbons (Fsp3) is 0.615. The summed E-state index contributed by atoms with van der Waals surface area (Å²) in [5, 5.41) is 0. The van der Waals surface area contributed by atoms with Crippen molar-refractivity contribution in [3.8, 4) is 0 Å². The third-order valence-electron chi connectivity index (χ3n) is 3.20. The molecule has 0 radical (unpaired) electrons. The highest BCUT2D eigenvalue weighted by Crippen LogP contribution is 2.15. The van der Waals surface area contributed by atoms with Crippen LogP contribution in [0.3, 0.4) is 0 Å². The number of ether oxygens (including phenoxy) is 2. The number of nitrogens with zero attached hydrogens (tertiary/aromatic N) is 2. The summed E-state index contributed by atoms with van der Waals surface area (Å²) >= 11 is 0. The molecule has 0 bridgehead atoms. The van der Waals surface area contributed by atoms with Gasteiger partial charge in [-0.25, -0.2) is 4.98 Å². The predicted octanol–water partition coefficient (Wildman–Crippen LogP) is 0.101. The van der Waals surface area contributed by atoms with Crippen molar-refractivity contribution in [1.29, 1.82) is 0 Å². The third kappa shape index (κ3) is 3.57. The summed E-state index contributed by atoms with van der Waals surface area (Å²) in [5.74, 6) is 0.984. The molecule has 0 amide bonds. The summed E-state index contributed by atoms with van der Waals surface area (Å²) in [7, 11) is 1.36. The van der Waals surface area contributed by atoms with Crippen LogP contribution in [0, 0.1) is 0 Å². The lowest BCUT2D eigenvalue weighted by atomic mass is 10.2. The predicted molar refractivity (Wildman–Crippen MR) is 72.8 cm³/mol. The highest BCUT2D eigenvalue weighted by molar-refractivity contribution is 5.69. The molecule has 7 nitrogen and oxygen atoms in total. The molecule has 1 saturated heterocycles. The maximum atomic E-state index is 11.6. The van der Waals surface area contributed by atoms with E-state index in [4.69, 9.17) is 4.74 Å². The van der Waals surface area contributed by atoms with Crippen molar-refractivity contribution in [2.45, 2.75) is 25.9 Å². The second-order valence-electron chi connectivity index (χ2n) is 4.62. The second kappa shape index (κ2) is 6.51. The van der Waals surface area contributed by atoms with Crippen LogP contribution in [0.1, 0.15) is 19.2 Å². The fourth-order valence-corrected chi connectivity index (χ4v) is 2.14. The molecule has 1 N–H and O–H groups in total. The van der Waals surface area contributed by atoms with Crippen molar-refractivity contribution in [3.63, 3.8) is 0 Å². The monoisotopic (exact) mass is 281 g/mol. The Kier molecular flexibility index (Phi) is 4.73. The average molecular weight is 281 g/mol. The summed E-state index contributed by atoms with van der Waals surface area (Å²) in [6, 6.07) is 1.47. The smallest absolute Gasteiger partial charge is 0.308 e. The van der Waals surface area contributed by atoms with E-state index in [1.54, 1.807) is 0 Å². The number of aromatic nitrogens is 2. The minimum Gasteiger partial charge on any atom is -0.469 e. The van der Waals surface area contributed by atoms with Crippen LogP contribution < -0.4 is 10.5 Å². The van der Waals surface area contributed by atoms with Gasteiger partial charge in [0.1, 0.15) is 11.6 Å². The molecule has 1 aliphatic rings. The highest BCUT2D eigenvalue weighted by Gasteiger charge is 2.24. The molecule has 2 rings (SSSR count). The Morgan fingerprint density at radius 2 is 2.45 bits per heavy atom. The van der Waals surface area contributed by atoms with E-state index < -0.39 is 0 Å². The van der Waals surface area contributed by atoms with Crippen molar-refractivity contribution < 1.29 is 14.3 Å². The van der Waals surface area contributed by atoms with E-state index in [-0.39, 0.29) is 24.1 Å². The van der Waals surface area contributed by atoms with Crippen molar-refractivity contribution in [1.82, 2.24) is 9.97 Å². The number of aromatic amines is 1. The molecule has 20 heavy (non-hydrogen) atoms. The first-order valence-corrected chi connectivity index (χ1v) is 6.66. The molecule has 110 valence electrons. The number of carbonyl (C=O) groups is 1. The molecular formula is C13H19N3O4.